The predicted octanol–water partition coefficient (Wildman–Crippen LogP) is 4.90. The van der Waals surface area contributed by atoms with Gasteiger partial charge in [-0.25, -0.2) is 9.79 Å². The number of aliphatic hydroxyl groups excluding tert-OH is 1. The van der Waals surface area contributed by atoms with Gasteiger partial charge in [0.15, 0.2) is 13.0 Å². The van der Waals surface area contributed by atoms with Crippen molar-refractivity contribution in [3.8, 4) is 12.3 Å². The maximum atomic E-state index is 13.5. The molecule has 0 radical (unpaired) electrons. The molecule has 1 aromatic rings. The van der Waals surface area contributed by atoms with Gasteiger partial charge in [-0.05, 0) is 37.7 Å². The van der Waals surface area contributed by atoms with Gasteiger partial charge < -0.3 is 14.7 Å². The Hall–Kier alpha value is -3.14. The van der Waals surface area contributed by atoms with E-state index in [1.165, 1.54) is 0 Å². The zero-order valence-electron chi connectivity index (χ0n) is 22.1. The van der Waals surface area contributed by atoms with Crippen molar-refractivity contribution in [2.75, 3.05) is 6.61 Å². The molecule has 0 aromatic heterocycles. The van der Waals surface area contributed by atoms with Crippen molar-refractivity contribution < 1.29 is 14.6 Å². The van der Waals surface area contributed by atoms with Crippen molar-refractivity contribution in [1.29, 1.82) is 0 Å². The summed E-state index contributed by atoms with van der Waals surface area (Å²) in [7, 11) is 0. The van der Waals surface area contributed by atoms with Crippen molar-refractivity contribution in [3.05, 3.63) is 71.5 Å². The highest BCUT2D eigenvalue weighted by atomic mass is 16.5. The third kappa shape index (κ3) is 5.58. The molecule has 37 heavy (non-hydrogen) atoms. The first kappa shape index (κ1) is 26.9. The zero-order valence-corrected chi connectivity index (χ0v) is 22.1. The minimum absolute atomic E-state index is 0.0373. The van der Waals surface area contributed by atoms with E-state index in [2.05, 4.69) is 49.4 Å². The van der Waals surface area contributed by atoms with Gasteiger partial charge in [0, 0.05) is 17.9 Å². The first-order chi connectivity index (χ1) is 18.0. The second-order valence-electron chi connectivity index (χ2n) is 10.1. The Bertz CT molecular complexity index is 1110. The summed E-state index contributed by atoms with van der Waals surface area (Å²) in [5.74, 6) is 2.69. The number of benzene rings is 1. The van der Waals surface area contributed by atoms with Gasteiger partial charge in [0.25, 0.3) is 0 Å². The molecular weight excluding hydrogens is 462 g/mol. The normalized spacial score (nSPS) is 27.1. The van der Waals surface area contributed by atoms with E-state index in [0.29, 0.717) is 17.2 Å². The van der Waals surface area contributed by atoms with Crippen LogP contribution in [-0.4, -0.2) is 46.9 Å². The summed E-state index contributed by atoms with van der Waals surface area (Å²) in [5, 5.41) is 15.1. The highest BCUT2D eigenvalue weighted by molar-refractivity contribution is 5.98. The van der Waals surface area contributed by atoms with Gasteiger partial charge in [0.1, 0.15) is 5.84 Å². The maximum absolute atomic E-state index is 13.5. The molecule has 1 saturated heterocycles. The molecule has 5 atom stereocenters. The topological polar surface area (TPSA) is 74.2 Å². The number of terminal acetylenes is 1. The Kier molecular flexibility index (Phi) is 9.02. The van der Waals surface area contributed by atoms with E-state index in [-0.39, 0.29) is 30.5 Å². The minimum atomic E-state index is -0.878. The smallest absolute Gasteiger partial charge is 0.337 e. The van der Waals surface area contributed by atoms with Crippen LogP contribution in [0.1, 0.15) is 64.4 Å². The number of carbonyl (C=O) groups excluding carboxylic acids is 1. The summed E-state index contributed by atoms with van der Waals surface area (Å²) in [6.45, 7) is 6.17. The first-order valence-electron chi connectivity index (χ1n) is 13.5. The lowest BCUT2D eigenvalue weighted by Crippen LogP contribution is -2.68. The highest BCUT2D eigenvalue weighted by Gasteiger charge is 2.51. The average Bonchev–Trinajstić information content (AvgIpc) is 2.91. The quantitative estimate of drug-likeness (QED) is 0.372. The lowest BCUT2D eigenvalue weighted by Gasteiger charge is -2.53. The SMILES string of the molecule is C#CCOC(=O)C1=C(C)N=C2C(C1c1ccccc1)C(C(CCC)CCC)NC(O)N2C1C=CC=CC1. The summed E-state index contributed by atoms with van der Waals surface area (Å²) in [4.78, 5) is 20.5. The van der Waals surface area contributed by atoms with Crippen molar-refractivity contribution in [2.24, 2.45) is 16.8 Å². The van der Waals surface area contributed by atoms with Gasteiger partial charge in [0.2, 0.25) is 0 Å². The molecule has 6 heteroatoms. The van der Waals surface area contributed by atoms with Gasteiger partial charge in [-0.3, -0.25) is 5.32 Å². The van der Waals surface area contributed by atoms with Gasteiger partial charge >= 0.3 is 5.97 Å². The number of allylic oxidation sites excluding steroid dienone is 3. The van der Waals surface area contributed by atoms with Crippen LogP contribution >= 0.6 is 0 Å². The molecular formula is C31H39N3O3. The summed E-state index contributed by atoms with van der Waals surface area (Å²) in [6, 6.07) is 10.0. The lowest BCUT2D eigenvalue weighted by atomic mass is 9.68. The van der Waals surface area contributed by atoms with Crippen LogP contribution in [0.5, 0.6) is 0 Å². The standard InChI is InChI=1S/C31H39N3O3/c1-5-14-23(15-6-2)28-27-26(22-16-10-8-11-17-22)25(30(35)37-20-7-3)21(4)32-29(27)34(31(36)33-28)24-18-12-9-13-19-24/h3,8-13,16-18,23-24,26-28,31,33,36H,5-6,14-15,19-20H2,1-2,4H3. The van der Waals surface area contributed by atoms with E-state index in [1.54, 1.807) is 0 Å². The molecule has 1 aliphatic carbocycles. The number of nitrogens with zero attached hydrogens (tertiary/aromatic N) is 2. The molecule has 0 bridgehead atoms. The van der Waals surface area contributed by atoms with E-state index >= 15 is 0 Å². The Labute approximate surface area is 221 Å². The molecule has 0 amide bonds. The number of hydrogen-bond acceptors (Lipinski definition) is 6. The molecule has 2 aliphatic heterocycles. The van der Waals surface area contributed by atoms with E-state index < -0.39 is 12.3 Å². The number of hydrogen-bond donors (Lipinski definition) is 2. The molecule has 4 rings (SSSR count). The number of amidine groups is 1. The number of fused-ring (bicyclic) bond motifs is 1. The number of ether oxygens (including phenoxy) is 1. The number of aliphatic imine (C=N–C) groups is 1. The molecule has 1 fully saturated rings. The fourth-order valence-electron chi connectivity index (χ4n) is 6.23. The molecule has 0 saturated carbocycles. The number of aliphatic hydroxyl groups is 1. The zero-order chi connectivity index (χ0) is 26.4. The largest absolute Gasteiger partial charge is 0.449 e. The van der Waals surface area contributed by atoms with Crippen LogP contribution < -0.4 is 5.32 Å². The van der Waals surface area contributed by atoms with Crippen LogP contribution in [0.25, 0.3) is 0 Å². The summed E-state index contributed by atoms with van der Waals surface area (Å²) >= 11 is 0. The summed E-state index contributed by atoms with van der Waals surface area (Å²) in [5.41, 5.74) is 2.18. The monoisotopic (exact) mass is 501 g/mol. The second-order valence-corrected chi connectivity index (χ2v) is 10.1. The molecule has 1 aromatic carbocycles. The van der Waals surface area contributed by atoms with Crippen molar-refractivity contribution in [2.45, 2.75) is 77.2 Å². The molecule has 6 nitrogen and oxygen atoms in total. The van der Waals surface area contributed by atoms with Crippen molar-refractivity contribution in [3.63, 3.8) is 0 Å². The lowest BCUT2D eigenvalue weighted by molar-refractivity contribution is -0.138. The van der Waals surface area contributed by atoms with Crippen LogP contribution in [0.4, 0.5) is 0 Å². The van der Waals surface area contributed by atoms with Crippen LogP contribution in [0.2, 0.25) is 0 Å². The number of esters is 1. The van der Waals surface area contributed by atoms with E-state index in [1.807, 2.05) is 42.2 Å². The van der Waals surface area contributed by atoms with Crippen LogP contribution in [0, 0.1) is 24.2 Å². The molecule has 0 spiro atoms. The Morgan fingerprint density at radius 3 is 2.59 bits per heavy atom. The van der Waals surface area contributed by atoms with Gasteiger partial charge in [-0.2, -0.15) is 0 Å². The van der Waals surface area contributed by atoms with Gasteiger partial charge in [-0.15, -0.1) is 6.42 Å². The van der Waals surface area contributed by atoms with Gasteiger partial charge in [-0.1, -0.05) is 87.2 Å². The average molecular weight is 502 g/mol. The third-order valence-electron chi connectivity index (χ3n) is 7.70. The van der Waals surface area contributed by atoms with Crippen molar-refractivity contribution in [1.82, 2.24) is 10.2 Å². The molecule has 5 unspecified atom stereocenters. The number of carbonyl (C=O) groups is 1. The summed E-state index contributed by atoms with van der Waals surface area (Å²) in [6.07, 6.45) is 17.7. The highest BCUT2D eigenvalue weighted by Crippen LogP contribution is 2.46. The number of nitrogens with one attached hydrogen (secondary N) is 1. The molecule has 2 heterocycles. The molecule has 3 aliphatic rings. The first-order valence-corrected chi connectivity index (χ1v) is 13.5. The molecule has 2 N–H and O–H groups in total. The van der Waals surface area contributed by atoms with Gasteiger partial charge in [0.05, 0.1) is 17.3 Å². The van der Waals surface area contributed by atoms with Crippen LogP contribution in [0.15, 0.2) is 70.9 Å². The predicted molar refractivity (Wildman–Crippen MR) is 147 cm³/mol. The maximum Gasteiger partial charge on any atom is 0.337 e. The second kappa shape index (κ2) is 12.4. The van der Waals surface area contributed by atoms with E-state index in [9.17, 15) is 9.90 Å². The van der Waals surface area contributed by atoms with E-state index in [4.69, 9.17) is 16.2 Å². The number of rotatable bonds is 9. The Balaban J connectivity index is 1.90. The van der Waals surface area contributed by atoms with Crippen molar-refractivity contribution >= 4 is 11.8 Å². The van der Waals surface area contributed by atoms with Crippen LogP contribution in [-0.2, 0) is 9.53 Å². The minimum Gasteiger partial charge on any atom is -0.449 e. The Morgan fingerprint density at radius 2 is 1.97 bits per heavy atom. The van der Waals surface area contributed by atoms with Crippen LogP contribution in [0.3, 0.4) is 0 Å². The fraction of sp³-hybridized carbons (Fsp3) is 0.484. The molecule has 196 valence electrons. The fourth-order valence-corrected chi connectivity index (χ4v) is 6.23. The summed E-state index contributed by atoms with van der Waals surface area (Å²) < 4.78 is 5.48. The Morgan fingerprint density at radius 1 is 1.24 bits per heavy atom. The third-order valence-corrected chi connectivity index (χ3v) is 7.70. The van der Waals surface area contributed by atoms with E-state index in [0.717, 1.165) is 43.5 Å².